The highest BCUT2D eigenvalue weighted by Gasteiger charge is 2.03. The molecule has 0 atom stereocenters. The van der Waals surface area contributed by atoms with Gasteiger partial charge >= 0.3 is 0 Å². The molecule has 1 aromatic heterocycles. The van der Waals surface area contributed by atoms with E-state index in [1.54, 1.807) is 0 Å². The fourth-order valence-corrected chi connectivity index (χ4v) is 2.55. The standard InChI is InChI=1S/C18H20N2O/c1-2-21-17-7-8-18-16(11-17)9-10-20(18)13-15-5-3-14(12-19)4-6-15/h3-11H,2,12-13,19H2,1H3. The Morgan fingerprint density at radius 3 is 2.48 bits per heavy atom. The van der Waals surface area contributed by atoms with Crippen LogP contribution in [-0.4, -0.2) is 11.2 Å². The number of nitrogens with two attached hydrogens (primary N) is 1. The molecule has 0 bridgehead atoms. The van der Waals surface area contributed by atoms with Crippen molar-refractivity contribution in [3.63, 3.8) is 0 Å². The maximum atomic E-state index is 5.63. The van der Waals surface area contributed by atoms with Gasteiger partial charge in [0.1, 0.15) is 5.75 Å². The van der Waals surface area contributed by atoms with Crippen LogP contribution in [0.1, 0.15) is 18.1 Å². The zero-order valence-electron chi connectivity index (χ0n) is 12.3. The molecule has 0 fully saturated rings. The van der Waals surface area contributed by atoms with Gasteiger partial charge in [0.25, 0.3) is 0 Å². The van der Waals surface area contributed by atoms with E-state index in [1.165, 1.54) is 16.5 Å². The van der Waals surface area contributed by atoms with E-state index in [-0.39, 0.29) is 0 Å². The van der Waals surface area contributed by atoms with Crippen molar-refractivity contribution in [1.82, 2.24) is 4.57 Å². The Morgan fingerprint density at radius 1 is 1.00 bits per heavy atom. The number of rotatable bonds is 5. The Morgan fingerprint density at radius 2 is 1.76 bits per heavy atom. The normalized spacial score (nSPS) is 11.0. The van der Waals surface area contributed by atoms with Crippen molar-refractivity contribution in [1.29, 1.82) is 0 Å². The Kier molecular flexibility index (Phi) is 3.93. The van der Waals surface area contributed by atoms with Crippen molar-refractivity contribution in [3.8, 4) is 5.75 Å². The van der Waals surface area contributed by atoms with Crippen LogP contribution in [-0.2, 0) is 13.1 Å². The van der Waals surface area contributed by atoms with Gasteiger partial charge in [0.2, 0.25) is 0 Å². The minimum atomic E-state index is 0.590. The van der Waals surface area contributed by atoms with Crippen molar-refractivity contribution in [2.24, 2.45) is 5.73 Å². The van der Waals surface area contributed by atoms with Gasteiger partial charge in [0.05, 0.1) is 6.61 Å². The number of aromatic nitrogens is 1. The van der Waals surface area contributed by atoms with Gasteiger partial charge in [0, 0.05) is 30.2 Å². The first-order valence-electron chi connectivity index (χ1n) is 7.29. The summed E-state index contributed by atoms with van der Waals surface area (Å²) >= 11 is 0. The molecule has 3 rings (SSSR count). The second-order valence-corrected chi connectivity index (χ2v) is 5.12. The Hall–Kier alpha value is -2.26. The lowest BCUT2D eigenvalue weighted by Crippen LogP contribution is -2.00. The van der Waals surface area contributed by atoms with E-state index in [2.05, 4.69) is 53.2 Å². The molecule has 3 nitrogen and oxygen atoms in total. The van der Waals surface area contributed by atoms with Crippen molar-refractivity contribution in [2.75, 3.05) is 6.61 Å². The predicted molar refractivity (Wildman–Crippen MR) is 86.5 cm³/mol. The summed E-state index contributed by atoms with van der Waals surface area (Å²) < 4.78 is 7.80. The molecule has 2 N–H and O–H groups in total. The predicted octanol–water partition coefficient (Wildman–Crippen LogP) is 3.55. The smallest absolute Gasteiger partial charge is 0.120 e. The van der Waals surface area contributed by atoms with Gasteiger partial charge in [-0.05, 0) is 42.3 Å². The lowest BCUT2D eigenvalue weighted by Gasteiger charge is -2.08. The monoisotopic (exact) mass is 280 g/mol. The lowest BCUT2D eigenvalue weighted by atomic mass is 10.1. The lowest BCUT2D eigenvalue weighted by molar-refractivity contribution is 0.340. The Bertz CT molecular complexity index is 729. The van der Waals surface area contributed by atoms with Gasteiger partial charge in [-0.25, -0.2) is 0 Å². The van der Waals surface area contributed by atoms with E-state index in [0.717, 1.165) is 17.9 Å². The summed E-state index contributed by atoms with van der Waals surface area (Å²) in [4.78, 5) is 0. The van der Waals surface area contributed by atoms with Gasteiger partial charge in [-0.3, -0.25) is 0 Å². The first-order chi connectivity index (χ1) is 10.3. The van der Waals surface area contributed by atoms with Crippen molar-refractivity contribution >= 4 is 10.9 Å². The average molecular weight is 280 g/mol. The van der Waals surface area contributed by atoms with Gasteiger partial charge in [0.15, 0.2) is 0 Å². The van der Waals surface area contributed by atoms with Crippen LogP contribution in [0.15, 0.2) is 54.7 Å². The maximum Gasteiger partial charge on any atom is 0.120 e. The summed E-state index contributed by atoms with van der Waals surface area (Å²) in [6.07, 6.45) is 2.12. The SMILES string of the molecule is CCOc1ccc2c(ccn2Cc2ccc(CN)cc2)c1. The summed E-state index contributed by atoms with van der Waals surface area (Å²) in [6.45, 7) is 4.15. The molecule has 21 heavy (non-hydrogen) atoms. The van der Waals surface area contributed by atoms with Crippen LogP contribution in [0.25, 0.3) is 10.9 Å². The largest absolute Gasteiger partial charge is 0.494 e. The number of fused-ring (bicyclic) bond motifs is 1. The van der Waals surface area contributed by atoms with Crippen molar-refractivity contribution < 1.29 is 4.74 Å². The minimum absolute atomic E-state index is 0.590. The van der Waals surface area contributed by atoms with E-state index >= 15 is 0 Å². The third kappa shape index (κ3) is 2.93. The molecule has 0 saturated heterocycles. The number of ether oxygens (including phenoxy) is 1. The number of benzene rings is 2. The van der Waals surface area contributed by atoms with Crippen LogP contribution in [0.5, 0.6) is 5.75 Å². The fraction of sp³-hybridized carbons (Fsp3) is 0.222. The molecule has 0 aliphatic heterocycles. The summed E-state index contributed by atoms with van der Waals surface area (Å²) in [5.41, 5.74) is 9.30. The van der Waals surface area contributed by atoms with E-state index in [1.807, 2.05) is 13.0 Å². The van der Waals surface area contributed by atoms with E-state index in [4.69, 9.17) is 10.5 Å². The highest BCUT2D eigenvalue weighted by Crippen LogP contribution is 2.23. The van der Waals surface area contributed by atoms with Crippen LogP contribution in [0.3, 0.4) is 0 Å². The third-order valence-electron chi connectivity index (χ3n) is 3.67. The summed E-state index contributed by atoms with van der Waals surface area (Å²) in [6, 6.07) is 16.8. The second kappa shape index (κ2) is 6.02. The average Bonchev–Trinajstić information content (AvgIpc) is 2.91. The van der Waals surface area contributed by atoms with Crippen LogP contribution in [0.4, 0.5) is 0 Å². The zero-order chi connectivity index (χ0) is 14.7. The summed E-state index contributed by atoms with van der Waals surface area (Å²) in [7, 11) is 0. The molecule has 1 heterocycles. The van der Waals surface area contributed by atoms with Crippen LogP contribution in [0, 0.1) is 0 Å². The zero-order valence-corrected chi connectivity index (χ0v) is 12.3. The second-order valence-electron chi connectivity index (χ2n) is 5.12. The molecule has 0 aliphatic rings. The van der Waals surface area contributed by atoms with Crippen LogP contribution >= 0.6 is 0 Å². The summed E-state index contributed by atoms with van der Waals surface area (Å²) in [5.74, 6) is 0.926. The number of nitrogens with zero attached hydrogens (tertiary/aromatic N) is 1. The molecular weight excluding hydrogens is 260 g/mol. The first kappa shape index (κ1) is 13.7. The van der Waals surface area contributed by atoms with Gasteiger partial charge < -0.3 is 15.0 Å². The third-order valence-corrected chi connectivity index (χ3v) is 3.67. The van der Waals surface area contributed by atoms with E-state index in [9.17, 15) is 0 Å². The first-order valence-corrected chi connectivity index (χ1v) is 7.29. The molecule has 0 spiro atoms. The molecule has 0 aliphatic carbocycles. The molecular formula is C18H20N2O. The Balaban J connectivity index is 1.86. The van der Waals surface area contributed by atoms with Crippen LogP contribution in [0.2, 0.25) is 0 Å². The minimum Gasteiger partial charge on any atom is -0.494 e. The van der Waals surface area contributed by atoms with Crippen LogP contribution < -0.4 is 10.5 Å². The molecule has 2 aromatic carbocycles. The molecule has 0 amide bonds. The Labute approximate surface area is 125 Å². The highest BCUT2D eigenvalue weighted by molar-refractivity contribution is 5.81. The molecule has 0 radical (unpaired) electrons. The molecule has 3 heteroatoms. The number of hydrogen-bond donors (Lipinski definition) is 1. The topological polar surface area (TPSA) is 40.2 Å². The molecule has 3 aromatic rings. The van der Waals surface area contributed by atoms with Crippen molar-refractivity contribution in [3.05, 3.63) is 65.9 Å². The van der Waals surface area contributed by atoms with Gasteiger partial charge in [-0.15, -0.1) is 0 Å². The van der Waals surface area contributed by atoms with Gasteiger partial charge in [-0.2, -0.15) is 0 Å². The van der Waals surface area contributed by atoms with E-state index < -0.39 is 0 Å². The fourth-order valence-electron chi connectivity index (χ4n) is 2.55. The summed E-state index contributed by atoms with van der Waals surface area (Å²) in [5, 5.41) is 1.21. The molecule has 108 valence electrons. The number of hydrogen-bond acceptors (Lipinski definition) is 2. The molecule has 0 saturated carbocycles. The van der Waals surface area contributed by atoms with Crippen molar-refractivity contribution in [2.45, 2.75) is 20.0 Å². The quantitative estimate of drug-likeness (QED) is 0.776. The van der Waals surface area contributed by atoms with E-state index in [0.29, 0.717) is 13.2 Å². The highest BCUT2D eigenvalue weighted by atomic mass is 16.5. The maximum absolute atomic E-state index is 5.63. The van der Waals surface area contributed by atoms with Gasteiger partial charge in [-0.1, -0.05) is 24.3 Å². The molecule has 0 unspecified atom stereocenters.